The average molecular weight is 175 g/mol. The normalized spacial score (nSPS) is 13.0. The van der Waals surface area contributed by atoms with E-state index in [9.17, 15) is 4.79 Å². The van der Waals surface area contributed by atoms with E-state index >= 15 is 0 Å². The number of rotatable bonds is 2. The minimum absolute atomic E-state index is 0.0000617. The third-order valence-corrected chi connectivity index (χ3v) is 2.45. The minimum atomic E-state index is -0.453. The topological polar surface area (TPSA) is 17.1 Å². The van der Waals surface area contributed by atoms with Crippen molar-refractivity contribution in [2.24, 2.45) is 0 Å². The van der Waals surface area contributed by atoms with Crippen molar-refractivity contribution < 1.29 is 4.79 Å². The Morgan fingerprint density at radius 2 is 2.50 bits per heavy atom. The molecule has 54 valence electrons. The lowest BCUT2D eigenvalue weighted by molar-refractivity contribution is -0.116. The number of hydrogen-bond donors (Lipinski definition) is 0. The molecule has 3 heteroatoms. The van der Waals surface area contributed by atoms with Crippen LogP contribution in [-0.2, 0) is 4.79 Å². The van der Waals surface area contributed by atoms with Crippen LogP contribution in [0.1, 0.15) is 17.9 Å². The van der Waals surface area contributed by atoms with Crippen LogP contribution in [0.5, 0.6) is 0 Å². The second-order valence-corrected chi connectivity index (χ2v) is 3.25. The molecule has 0 aromatic carbocycles. The molecule has 0 aliphatic rings. The van der Waals surface area contributed by atoms with Crippen molar-refractivity contribution in [3.05, 3.63) is 22.4 Å². The number of carbonyl (C=O) groups excluding carboxylic acids is 1. The first-order valence-corrected chi connectivity index (χ1v) is 4.26. The zero-order chi connectivity index (χ0) is 7.56. The molecule has 1 atom stereocenters. The number of thiophene rings is 1. The monoisotopic (exact) mass is 174 g/mol. The molecule has 1 aromatic rings. The molecule has 0 saturated heterocycles. The maximum absolute atomic E-state index is 10.7. The van der Waals surface area contributed by atoms with Gasteiger partial charge >= 0.3 is 0 Å². The molecule has 1 aromatic heterocycles. The fourth-order valence-corrected chi connectivity index (χ4v) is 1.55. The summed E-state index contributed by atoms with van der Waals surface area (Å²) in [6.07, 6.45) is 0. The number of ketones is 1. The Hall–Kier alpha value is -0.340. The lowest BCUT2D eigenvalue weighted by Crippen LogP contribution is -1.99. The summed E-state index contributed by atoms with van der Waals surface area (Å²) < 4.78 is 0. The molecule has 0 aliphatic heterocycles. The zero-order valence-electron chi connectivity index (χ0n) is 5.50. The fourth-order valence-electron chi connectivity index (χ4n) is 0.654. The fraction of sp³-hybridized carbons (Fsp3) is 0.286. The quantitative estimate of drug-likeness (QED) is 0.630. The van der Waals surface area contributed by atoms with Gasteiger partial charge in [0.1, 0.15) is 5.38 Å². The molecule has 1 unspecified atom stereocenters. The van der Waals surface area contributed by atoms with E-state index in [0.717, 1.165) is 5.56 Å². The maximum Gasteiger partial charge on any atom is 0.152 e. The third kappa shape index (κ3) is 1.58. The second-order valence-electron chi connectivity index (χ2n) is 2.03. The Kier molecular flexibility index (Phi) is 2.46. The summed E-state index contributed by atoms with van der Waals surface area (Å²) in [7, 11) is 0. The highest BCUT2D eigenvalue weighted by molar-refractivity contribution is 7.08. The molecular formula is C7H7ClOS. The molecule has 0 saturated carbocycles. The van der Waals surface area contributed by atoms with Crippen molar-refractivity contribution in [3.8, 4) is 0 Å². The van der Waals surface area contributed by atoms with Crippen LogP contribution in [0.15, 0.2) is 16.8 Å². The predicted molar refractivity (Wildman–Crippen MR) is 43.6 cm³/mol. The number of Topliss-reactive ketones (excluding diaryl/α,β-unsaturated/α-hetero) is 1. The largest absolute Gasteiger partial charge is 0.298 e. The Bertz CT molecular complexity index is 218. The van der Waals surface area contributed by atoms with Crippen LogP contribution >= 0.6 is 22.9 Å². The van der Waals surface area contributed by atoms with Gasteiger partial charge in [-0.05, 0) is 29.3 Å². The van der Waals surface area contributed by atoms with Crippen LogP contribution < -0.4 is 0 Å². The van der Waals surface area contributed by atoms with Crippen molar-refractivity contribution in [2.75, 3.05) is 0 Å². The molecule has 10 heavy (non-hydrogen) atoms. The molecular weight excluding hydrogens is 168 g/mol. The van der Waals surface area contributed by atoms with E-state index in [2.05, 4.69) is 0 Å². The molecule has 1 nitrogen and oxygen atoms in total. The summed E-state index contributed by atoms with van der Waals surface area (Å²) in [5, 5.41) is 3.35. The zero-order valence-corrected chi connectivity index (χ0v) is 7.08. The van der Waals surface area contributed by atoms with E-state index in [-0.39, 0.29) is 5.78 Å². The van der Waals surface area contributed by atoms with Gasteiger partial charge in [0, 0.05) is 0 Å². The average Bonchev–Trinajstić information content (AvgIpc) is 2.36. The maximum atomic E-state index is 10.7. The van der Waals surface area contributed by atoms with Crippen molar-refractivity contribution >= 4 is 28.7 Å². The van der Waals surface area contributed by atoms with Crippen LogP contribution in [0.3, 0.4) is 0 Å². The Labute approximate surface area is 68.6 Å². The molecule has 1 heterocycles. The minimum Gasteiger partial charge on any atom is -0.298 e. The van der Waals surface area contributed by atoms with E-state index < -0.39 is 5.38 Å². The van der Waals surface area contributed by atoms with Crippen LogP contribution in [0.2, 0.25) is 0 Å². The lowest BCUT2D eigenvalue weighted by atomic mass is 10.2. The standard InChI is InChI=1S/C7H7ClOS/c1-5(9)7(8)6-2-3-10-4-6/h2-4,7H,1H3. The van der Waals surface area contributed by atoms with Crippen LogP contribution in [0.25, 0.3) is 0 Å². The highest BCUT2D eigenvalue weighted by atomic mass is 35.5. The molecule has 0 amide bonds. The van der Waals surface area contributed by atoms with Crippen molar-refractivity contribution in [2.45, 2.75) is 12.3 Å². The van der Waals surface area contributed by atoms with Crippen molar-refractivity contribution in [3.63, 3.8) is 0 Å². The van der Waals surface area contributed by atoms with Crippen molar-refractivity contribution in [1.82, 2.24) is 0 Å². The van der Waals surface area contributed by atoms with E-state index in [0.29, 0.717) is 0 Å². The molecule has 0 aliphatic carbocycles. The Morgan fingerprint density at radius 3 is 2.90 bits per heavy atom. The summed E-state index contributed by atoms with van der Waals surface area (Å²) >= 11 is 7.29. The van der Waals surface area contributed by atoms with Crippen molar-refractivity contribution in [1.29, 1.82) is 0 Å². The van der Waals surface area contributed by atoms with E-state index in [1.54, 1.807) is 11.3 Å². The van der Waals surface area contributed by atoms with Crippen LogP contribution in [0, 0.1) is 0 Å². The molecule has 1 rings (SSSR count). The van der Waals surface area contributed by atoms with E-state index in [1.165, 1.54) is 6.92 Å². The first-order valence-electron chi connectivity index (χ1n) is 2.88. The van der Waals surface area contributed by atoms with Crippen LogP contribution in [0.4, 0.5) is 0 Å². The van der Waals surface area contributed by atoms with Gasteiger partial charge in [-0.1, -0.05) is 0 Å². The Morgan fingerprint density at radius 1 is 1.80 bits per heavy atom. The molecule has 0 N–H and O–H groups in total. The van der Waals surface area contributed by atoms with Gasteiger partial charge in [0.2, 0.25) is 0 Å². The van der Waals surface area contributed by atoms with Gasteiger partial charge in [-0.2, -0.15) is 11.3 Å². The number of hydrogen-bond acceptors (Lipinski definition) is 2. The molecule has 0 radical (unpaired) electrons. The second kappa shape index (κ2) is 3.17. The molecule has 0 fully saturated rings. The number of carbonyl (C=O) groups is 1. The van der Waals surface area contributed by atoms with Crippen LogP contribution in [-0.4, -0.2) is 5.78 Å². The lowest BCUT2D eigenvalue weighted by Gasteiger charge is -1.99. The van der Waals surface area contributed by atoms with Gasteiger partial charge in [-0.3, -0.25) is 4.79 Å². The smallest absolute Gasteiger partial charge is 0.152 e. The van der Waals surface area contributed by atoms with E-state index in [4.69, 9.17) is 11.6 Å². The summed E-state index contributed by atoms with van der Waals surface area (Å²) in [5.74, 6) is 0.0000617. The predicted octanol–water partition coefficient (Wildman–Crippen LogP) is 2.62. The number of halogens is 1. The highest BCUT2D eigenvalue weighted by Crippen LogP contribution is 2.22. The number of alkyl halides is 1. The first-order chi connectivity index (χ1) is 4.72. The van der Waals surface area contributed by atoms with Gasteiger partial charge in [-0.15, -0.1) is 11.6 Å². The Balaban J connectivity index is 2.77. The van der Waals surface area contributed by atoms with Gasteiger partial charge in [0.15, 0.2) is 5.78 Å². The summed E-state index contributed by atoms with van der Waals surface area (Å²) in [6.45, 7) is 1.50. The summed E-state index contributed by atoms with van der Waals surface area (Å²) in [4.78, 5) is 10.7. The van der Waals surface area contributed by atoms with Gasteiger partial charge in [0.25, 0.3) is 0 Å². The summed E-state index contributed by atoms with van der Waals surface area (Å²) in [5.41, 5.74) is 0.902. The molecule has 0 bridgehead atoms. The van der Waals surface area contributed by atoms with Gasteiger partial charge in [-0.25, -0.2) is 0 Å². The highest BCUT2D eigenvalue weighted by Gasteiger charge is 2.12. The SMILES string of the molecule is CC(=O)C(Cl)c1ccsc1. The van der Waals surface area contributed by atoms with Gasteiger partial charge < -0.3 is 0 Å². The third-order valence-electron chi connectivity index (χ3n) is 1.19. The molecule has 0 spiro atoms. The van der Waals surface area contributed by atoms with Gasteiger partial charge in [0.05, 0.1) is 0 Å². The van der Waals surface area contributed by atoms with E-state index in [1.807, 2.05) is 16.8 Å². The first kappa shape index (κ1) is 7.76. The summed E-state index contributed by atoms with van der Waals surface area (Å²) in [6, 6.07) is 1.86.